The van der Waals surface area contributed by atoms with E-state index in [-0.39, 0.29) is 19.1 Å². The van der Waals surface area contributed by atoms with Crippen LogP contribution in [0.1, 0.15) is 42.8 Å². The van der Waals surface area contributed by atoms with Crippen LogP contribution in [-0.2, 0) is 30.4 Å². The summed E-state index contributed by atoms with van der Waals surface area (Å²) in [4.78, 5) is 25.7. The lowest BCUT2D eigenvalue weighted by Crippen LogP contribution is -2.54. The van der Waals surface area contributed by atoms with Crippen molar-refractivity contribution in [2.45, 2.75) is 51.9 Å². The van der Waals surface area contributed by atoms with E-state index in [2.05, 4.69) is 10.1 Å². The minimum absolute atomic E-state index is 0.0644. The molecule has 36 heavy (non-hydrogen) atoms. The summed E-state index contributed by atoms with van der Waals surface area (Å²) >= 11 is 0. The quantitative estimate of drug-likeness (QED) is 0.482. The molecule has 0 saturated heterocycles. The van der Waals surface area contributed by atoms with Crippen LogP contribution < -0.4 is 9.80 Å². The van der Waals surface area contributed by atoms with Gasteiger partial charge >= 0.3 is 6.18 Å². The Labute approximate surface area is 207 Å². The molecule has 192 valence electrons. The number of aliphatic hydroxyl groups is 1. The van der Waals surface area contributed by atoms with Crippen molar-refractivity contribution in [1.29, 1.82) is 0 Å². The molecule has 2 aromatic heterocycles. The highest BCUT2D eigenvalue weighted by Crippen LogP contribution is 2.35. The van der Waals surface area contributed by atoms with E-state index in [1.165, 1.54) is 6.07 Å². The number of aryl methyl sites for hydroxylation is 2. The first-order chi connectivity index (χ1) is 17.2. The van der Waals surface area contributed by atoms with Gasteiger partial charge in [-0.15, -0.1) is 0 Å². The molecule has 1 aliphatic rings. The lowest BCUT2D eigenvalue weighted by molar-refractivity contribution is -0.137. The molecule has 1 aliphatic heterocycles. The SMILES string of the molecule is CCN1C(=O)[C@H](CCO)N(CC)c2nc(CCc3cnn(Cc4cccc(C(F)(F)F)c4)c3)ncc21. The fourth-order valence-corrected chi connectivity index (χ4v) is 4.51. The Bertz CT molecular complexity index is 1210. The van der Waals surface area contributed by atoms with Gasteiger partial charge in [-0.05, 0) is 49.9 Å². The first kappa shape index (κ1) is 25.6. The highest BCUT2D eigenvalue weighted by atomic mass is 19.4. The van der Waals surface area contributed by atoms with Crippen molar-refractivity contribution in [3.05, 3.63) is 65.4 Å². The Morgan fingerprint density at radius 2 is 1.89 bits per heavy atom. The number of amides is 1. The molecule has 0 radical (unpaired) electrons. The van der Waals surface area contributed by atoms with Crippen LogP contribution in [0.5, 0.6) is 0 Å². The molecule has 8 nitrogen and oxygen atoms in total. The molecule has 1 N–H and O–H groups in total. The Balaban J connectivity index is 1.47. The van der Waals surface area contributed by atoms with Gasteiger partial charge in [0.15, 0.2) is 5.82 Å². The second-order valence-electron chi connectivity index (χ2n) is 8.64. The molecule has 0 saturated carbocycles. The Morgan fingerprint density at radius 1 is 1.08 bits per heavy atom. The number of hydrogen-bond acceptors (Lipinski definition) is 6. The number of halogens is 3. The van der Waals surface area contributed by atoms with Crippen LogP contribution in [0.25, 0.3) is 0 Å². The van der Waals surface area contributed by atoms with E-state index in [9.17, 15) is 23.1 Å². The number of benzene rings is 1. The smallest absolute Gasteiger partial charge is 0.396 e. The summed E-state index contributed by atoms with van der Waals surface area (Å²) in [7, 11) is 0. The number of anilines is 2. The summed E-state index contributed by atoms with van der Waals surface area (Å²) in [5.74, 6) is 1.24. The van der Waals surface area contributed by atoms with Crippen LogP contribution in [0.15, 0.2) is 42.9 Å². The highest BCUT2D eigenvalue weighted by molar-refractivity contribution is 6.04. The van der Waals surface area contributed by atoms with Gasteiger partial charge < -0.3 is 14.9 Å². The normalized spacial score (nSPS) is 15.9. The Morgan fingerprint density at radius 3 is 2.58 bits per heavy atom. The molecule has 3 heterocycles. The summed E-state index contributed by atoms with van der Waals surface area (Å²) < 4.78 is 40.5. The van der Waals surface area contributed by atoms with Gasteiger partial charge in [-0.2, -0.15) is 18.3 Å². The van der Waals surface area contributed by atoms with E-state index in [4.69, 9.17) is 4.98 Å². The van der Waals surface area contributed by atoms with Crippen LogP contribution in [0.4, 0.5) is 24.7 Å². The summed E-state index contributed by atoms with van der Waals surface area (Å²) in [6.45, 7) is 5.03. The number of fused-ring (bicyclic) bond motifs is 1. The molecule has 1 aromatic carbocycles. The van der Waals surface area contributed by atoms with Crippen LogP contribution in [0.2, 0.25) is 0 Å². The molecule has 0 unspecified atom stereocenters. The molecular formula is C25H29F3N6O2. The van der Waals surface area contributed by atoms with Crippen LogP contribution in [-0.4, -0.2) is 56.5 Å². The maximum Gasteiger partial charge on any atom is 0.416 e. The minimum atomic E-state index is -4.38. The first-order valence-electron chi connectivity index (χ1n) is 12.0. The maximum absolute atomic E-state index is 13.0. The van der Waals surface area contributed by atoms with E-state index in [1.54, 1.807) is 28.0 Å². The molecule has 0 aliphatic carbocycles. The van der Waals surface area contributed by atoms with Crippen LogP contribution in [0, 0.1) is 0 Å². The predicted molar refractivity (Wildman–Crippen MR) is 129 cm³/mol. The lowest BCUT2D eigenvalue weighted by Gasteiger charge is -2.41. The van der Waals surface area contributed by atoms with Gasteiger partial charge in [0.2, 0.25) is 5.91 Å². The number of aromatic nitrogens is 4. The summed E-state index contributed by atoms with van der Waals surface area (Å²) in [6.07, 6.45) is 2.26. The average molecular weight is 503 g/mol. The molecular weight excluding hydrogens is 473 g/mol. The van der Waals surface area contributed by atoms with Crippen molar-refractivity contribution in [2.24, 2.45) is 0 Å². The maximum atomic E-state index is 13.0. The third kappa shape index (κ3) is 5.35. The Hall–Kier alpha value is -3.47. The van der Waals surface area contributed by atoms with E-state index in [0.29, 0.717) is 55.2 Å². The van der Waals surface area contributed by atoms with Gasteiger partial charge in [0.25, 0.3) is 0 Å². The Kier molecular flexibility index (Phi) is 7.58. The van der Waals surface area contributed by atoms with Crippen molar-refractivity contribution < 1.29 is 23.1 Å². The number of likely N-dealkylation sites (N-methyl/N-ethyl adjacent to an activating group) is 2. The first-order valence-corrected chi connectivity index (χ1v) is 12.0. The third-order valence-corrected chi connectivity index (χ3v) is 6.27. The molecule has 11 heteroatoms. The zero-order chi connectivity index (χ0) is 25.9. The highest BCUT2D eigenvalue weighted by Gasteiger charge is 2.38. The number of carbonyl (C=O) groups is 1. The predicted octanol–water partition coefficient (Wildman–Crippen LogP) is 3.47. The van der Waals surface area contributed by atoms with Gasteiger partial charge in [-0.3, -0.25) is 9.48 Å². The van der Waals surface area contributed by atoms with E-state index < -0.39 is 17.8 Å². The molecule has 4 rings (SSSR count). The molecule has 0 bridgehead atoms. The largest absolute Gasteiger partial charge is 0.416 e. The van der Waals surface area contributed by atoms with Crippen molar-refractivity contribution in [1.82, 2.24) is 19.7 Å². The zero-order valence-corrected chi connectivity index (χ0v) is 20.2. The molecule has 1 atom stereocenters. The van der Waals surface area contributed by atoms with Gasteiger partial charge in [-0.25, -0.2) is 9.97 Å². The number of nitrogens with zero attached hydrogens (tertiary/aromatic N) is 6. The van der Waals surface area contributed by atoms with Crippen LogP contribution in [0.3, 0.4) is 0 Å². The summed E-state index contributed by atoms with van der Waals surface area (Å²) in [5, 5.41) is 13.8. The number of rotatable bonds is 9. The fraction of sp³-hybridized carbons (Fsp3) is 0.440. The van der Waals surface area contributed by atoms with E-state index in [0.717, 1.165) is 17.7 Å². The minimum Gasteiger partial charge on any atom is -0.396 e. The number of carbonyl (C=O) groups excluding carboxylic acids is 1. The topological polar surface area (TPSA) is 87.4 Å². The second-order valence-corrected chi connectivity index (χ2v) is 8.64. The van der Waals surface area contributed by atoms with Gasteiger partial charge in [0, 0.05) is 32.3 Å². The van der Waals surface area contributed by atoms with Gasteiger partial charge in [-0.1, -0.05) is 12.1 Å². The number of alkyl halides is 3. The fourth-order valence-electron chi connectivity index (χ4n) is 4.51. The van der Waals surface area contributed by atoms with Gasteiger partial charge in [0.05, 0.1) is 24.5 Å². The van der Waals surface area contributed by atoms with Crippen molar-refractivity contribution >= 4 is 17.4 Å². The van der Waals surface area contributed by atoms with E-state index in [1.807, 2.05) is 24.9 Å². The summed E-state index contributed by atoms with van der Waals surface area (Å²) in [5.41, 5.74) is 1.42. The second kappa shape index (κ2) is 10.7. The van der Waals surface area contributed by atoms with Crippen LogP contribution >= 0.6 is 0 Å². The molecule has 0 spiro atoms. The third-order valence-electron chi connectivity index (χ3n) is 6.27. The van der Waals surface area contributed by atoms with Crippen molar-refractivity contribution in [3.8, 4) is 0 Å². The van der Waals surface area contributed by atoms with Crippen molar-refractivity contribution in [3.63, 3.8) is 0 Å². The summed E-state index contributed by atoms with van der Waals surface area (Å²) in [6, 6.07) is 4.76. The number of hydrogen-bond donors (Lipinski definition) is 1. The molecule has 1 amide bonds. The van der Waals surface area contributed by atoms with Crippen molar-refractivity contribution in [2.75, 3.05) is 29.5 Å². The average Bonchev–Trinajstić information content (AvgIpc) is 3.30. The molecule has 3 aromatic rings. The van der Waals surface area contributed by atoms with E-state index >= 15 is 0 Å². The monoisotopic (exact) mass is 502 g/mol. The lowest BCUT2D eigenvalue weighted by atomic mass is 10.1. The zero-order valence-electron chi connectivity index (χ0n) is 20.2. The number of aliphatic hydroxyl groups excluding tert-OH is 1. The molecule has 0 fully saturated rings. The van der Waals surface area contributed by atoms with Gasteiger partial charge in [0.1, 0.15) is 17.6 Å². The standard InChI is InChI=1S/C25H29F3N6O2/c1-3-33-20(10-11-35)24(36)34(4-2)21-14-29-22(31-23(21)33)9-8-18-13-30-32(16-18)15-17-6-5-7-19(12-17)25(26,27)28/h5-7,12-14,16,20,35H,3-4,8-11,15H2,1-2H3/t20-/m0/s1.